The fourth-order valence-electron chi connectivity index (χ4n) is 2.58. The maximum Gasteiger partial charge on any atom is 0.125 e. The van der Waals surface area contributed by atoms with Crippen molar-refractivity contribution in [2.75, 3.05) is 29.9 Å². The fourth-order valence-corrected chi connectivity index (χ4v) is 2.77. The zero-order chi connectivity index (χ0) is 13.9. The molecule has 2 aromatic rings. The summed E-state index contributed by atoms with van der Waals surface area (Å²) in [5.74, 6) is -0.168. The van der Waals surface area contributed by atoms with Crippen molar-refractivity contribution in [1.29, 1.82) is 0 Å². The van der Waals surface area contributed by atoms with Crippen molar-refractivity contribution in [3.8, 4) is 0 Å². The van der Waals surface area contributed by atoms with Crippen molar-refractivity contribution >= 4 is 23.0 Å². The van der Waals surface area contributed by atoms with Gasteiger partial charge >= 0.3 is 0 Å². The molecule has 3 rings (SSSR count). The SMILES string of the molecule is Fc1ccc2c(c1)N(CCNc1cccc(Cl)c1)CC2. The predicted octanol–water partition coefficient (Wildman–Crippen LogP) is 3.95. The number of anilines is 2. The molecule has 2 nitrogen and oxygen atoms in total. The molecule has 0 aliphatic carbocycles. The average Bonchev–Trinajstić information content (AvgIpc) is 2.82. The Balaban J connectivity index is 1.59. The zero-order valence-electron chi connectivity index (χ0n) is 11.1. The fraction of sp³-hybridized carbons (Fsp3) is 0.250. The average molecular weight is 291 g/mol. The third kappa shape index (κ3) is 2.88. The second kappa shape index (κ2) is 5.71. The highest BCUT2D eigenvalue weighted by atomic mass is 35.5. The van der Waals surface area contributed by atoms with Gasteiger partial charge in [-0.3, -0.25) is 0 Å². The lowest BCUT2D eigenvalue weighted by molar-refractivity contribution is 0.627. The van der Waals surface area contributed by atoms with E-state index < -0.39 is 0 Å². The minimum atomic E-state index is -0.168. The lowest BCUT2D eigenvalue weighted by Gasteiger charge is -2.20. The topological polar surface area (TPSA) is 15.3 Å². The summed E-state index contributed by atoms with van der Waals surface area (Å²) in [4.78, 5) is 2.22. The standard InChI is InChI=1S/C16H16ClFN2/c17-13-2-1-3-15(10-13)19-7-9-20-8-6-12-4-5-14(18)11-16(12)20/h1-5,10-11,19H,6-9H2. The third-order valence-corrected chi connectivity index (χ3v) is 3.81. The molecule has 1 aliphatic rings. The number of benzene rings is 2. The van der Waals surface area contributed by atoms with Crippen molar-refractivity contribution in [1.82, 2.24) is 0 Å². The first-order chi connectivity index (χ1) is 9.72. The molecule has 0 unspecified atom stereocenters. The highest BCUT2D eigenvalue weighted by Crippen LogP contribution is 2.28. The number of nitrogens with one attached hydrogen (secondary N) is 1. The molecule has 0 fully saturated rings. The van der Waals surface area contributed by atoms with Crippen LogP contribution in [0.1, 0.15) is 5.56 Å². The van der Waals surface area contributed by atoms with Crippen LogP contribution >= 0.6 is 11.6 Å². The van der Waals surface area contributed by atoms with Crippen molar-refractivity contribution in [2.45, 2.75) is 6.42 Å². The van der Waals surface area contributed by atoms with Gasteiger partial charge in [-0.25, -0.2) is 4.39 Å². The molecule has 0 spiro atoms. The predicted molar refractivity (Wildman–Crippen MR) is 82.3 cm³/mol. The van der Waals surface area contributed by atoms with Crippen molar-refractivity contribution in [2.24, 2.45) is 0 Å². The number of halogens is 2. The van der Waals surface area contributed by atoms with E-state index >= 15 is 0 Å². The van der Waals surface area contributed by atoms with E-state index in [1.54, 1.807) is 6.07 Å². The van der Waals surface area contributed by atoms with Gasteiger partial charge in [0.2, 0.25) is 0 Å². The van der Waals surface area contributed by atoms with Gasteiger partial charge < -0.3 is 10.2 Å². The van der Waals surface area contributed by atoms with Gasteiger partial charge in [0.05, 0.1) is 0 Å². The van der Waals surface area contributed by atoms with E-state index in [1.807, 2.05) is 30.3 Å². The summed E-state index contributed by atoms with van der Waals surface area (Å²) in [7, 11) is 0. The second-order valence-corrected chi connectivity index (χ2v) is 5.38. The van der Waals surface area contributed by atoms with E-state index in [2.05, 4.69) is 10.2 Å². The minimum Gasteiger partial charge on any atom is -0.383 e. The van der Waals surface area contributed by atoms with Crippen LogP contribution in [0.2, 0.25) is 5.02 Å². The first-order valence-corrected chi connectivity index (χ1v) is 7.13. The summed E-state index contributed by atoms with van der Waals surface area (Å²) in [6.07, 6.45) is 0.993. The van der Waals surface area contributed by atoms with E-state index in [-0.39, 0.29) is 5.82 Å². The summed E-state index contributed by atoms with van der Waals surface area (Å²) in [6.45, 7) is 2.61. The van der Waals surface area contributed by atoms with Gasteiger partial charge in [0.15, 0.2) is 0 Å². The van der Waals surface area contributed by atoms with Crippen LogP contribution in [0.3, 0.4) is 0 Å². The second-order valence-electron chi connectivity index (χ2n) is 4.95. The lowest BCUT2D eigenvalue weighted by atomic mass is 10.2. The van der Waals surface area contributed by atoms with E-state index in [1.165, 1.54) is 11.6 Å². The Kier molecular flexibility index (Phi) is 3.79. The Morgan fingerprint density at radius 3 is 2.95 bits per heavy atom. The van der Waals surface area contributed by atoms with Crippen LogP contribution in [0.5, 0.6) is 0 Å². The zero-order valence-corrected chi connectivity index (χ0v) is 11.8. The molecular formula is C16H16ClFN2. The molecule has 0 aromatic heterocycles. The van der Waals surface area contributed by atoms with Crippen molar-refractivity contribution < 1.29 is 4.39 Å². The Labute approximate surface area is 123 Å². The smallest absolute Gasteiger partial charge is 0.125 e. The summed E-state index contributed by atoms with van der Waals surface area (Å²) in [5.41, 5.74) is 3.27. The summed E-state index contributed by atoms with van der Waals surface area (Å²) < 4.78 is 13.3. The van der Waals surface area contributed by atoms with Crippen LogP contribution in [0, 0.1) is 5.82 Å². The molecule has 0 bridgehead atoms. The van der Waals surface area contributed by atoms with Gasteiger partial charge in [-0.2, -0.15) is 0 Å². The molecule has 0 radical (unpaired) electrons. The number of rotatable bonds is 4. The number of hydrogen-bond acceptors (Lipinski definition) is 2. The molecule has 20 heavy (non-hydrogen) atoms. The maximum absolute atomic E-state index is 13.3. The molecule has 0 saturated heterocycles. The van der Waals surface area contributed by atoms with Gasteiger partial charge in [-0.05, 0) is 42.3 Å². The molecule has 1 aliphatic heterocycles. The number of hydrogen-bond donors (Lipinski definition) is 1. The number of fused-ring (bicyclic) bond motifs is 1. The summed E-state index contributed by atoms with van der Waals surface area (Å²) >= 11 is 5.94. The highest BCUT2D eigenvalue weighted by Gasteiger charge is 2.18. The van der Waals surface area contributed by atoms with Gasteiger partial charge in [-0.1, -0.05) is 23.7 Å². The van der Waals surface area contributed by atoms with E-state index in [4.69, 9.17) is 11.6 Å². The summed E-state index contributed by atoms with van der Waals surface area (Å²) in [6, 6.07) is 12.7. The van der Waals surface area contributed by atoms with Gasteiger partial charge in [0.25, 0.3) is 0 Å². The first kappa shape index (κ1) is 13.3. The Hall–Kier alpha value is -1.74. The minimum absolute atomic E-state index is 0.168. The van der Waals surface area contributed by atoms with Crippen LogP contribution in [0.4, 0.5) is 15.8 Å². The van der Waals surface area contributed by atoms with Crippen molar-refractivity contribution in [3.05, 3.63) is 58.9 Å². The van der Waals surface area contributed by atoms with E-state index in [0.717, 1.165) is 42.5 Å². The van der Waals surface area contributed by atoms with Crippen LogP contribution < -0.4 is 10.2 Å². The van der Waals surface area contributed by atoms with Crippen LogP contribution in [0.25, 0.3) is 0 Å². The molecule has 1 N–H and O–H groups in total. The van der Waals surface area contributed by atoms with Gasteiger partial charge in [0, 0.05) is 36.0 Å². The van der Waals surface area contributed by atoms with Gasteiger partial charge in [-0.15, -0.1) is 0 Å². The monoisotopic (exact) mass is 290 g/mol. The van der Waals surface area contributed by atoms with Crippen molar-refractivity contribution in [3.63, 3.8) is 0 Å². The summed E-state index contributed by atoms with van der Waals surface area (Å²) in [5, 5.41) is 4.06. The molecule has 4 heteroatoms. The van der Waals surface area contributed by atoms with E-state index in [0.29, 0.717) is 0 Å². The lowest BCUT2D eigenvalue weighted by Crippen LogP contribution is -2.27. The molecule has 104 valence electrons. The Bertz CT molecular complexity index is 615. The molecule has 0 atom stereocenters. The molecule has 1 heterocycles. The Morgan fingerprint density at radius 2 is 2.10 bits per heavy atom. The maximum atomic E-state index is 13.3. The normalized spacial score (nSPS) is 13.4. The molecular weight excluding hydrogens is 275 g/mol. The van der Waals surface area contributed by atoms with Crippen LogP contribution in [-0.2, 0) is 6.42 Å². The third-order valence-electron chi connectivity index (χ3n) is 3.57. The largest absolute Gasteiger partial charge is 0.383 e. The first-order valence-electron chi connectivity index (χ1n) is 6.75. The van der Waals surface area contributed by atoms with Crippen LogP contribution in [0.15, 0.2) is 42.5 Å². The number of nitrogens with zero attached hydrogens (tertiary/aromatic N) is 1. The quantitative estimate of drug-likeness (QED) is 0.917. The van der Waals surface area contributed by atoms with Crippen LogP contribution in [-0.4, -0.2) is 19.6 Å². The molecule has 0 saturated carbocycles. The Morgan fingerprint density at radius 1 is 1.20 bits per heavy atom. The molecule has 0 amide bonds. The van der Waals surface area contributed by atoms with Gasteiger partial charge in [0.1, 0.15) is 5.82 Å². The molecule has 2 aromatic carbocycles. The highest BCUT2D eigenvalue weighted by molar-refractivity contribution is 6.30. The van der Waals surface area contributed by atoms with E-state index in [9.17, 15) is 4.39 Å².